The Morgan fingerprint density at radius 3 is 2.14 bits per heavy atom. The Morgan fingerprint density at radius 1 is 1.00 bits per heavy atom. The van der Waals surface area contributed by atoms with Gasteiger partial charge < -0.3 is 5.11 Å². The number of alkyl halides is 3. The Hall–Kier alpha value is -1.46. The van der Waals surface area contributed by atoms with Crippen LogP contribution < -0.4 is 0 Å². The van der Waals surface area contributed by atoms with Crippen LogP contribution in [-0.2, 0) is 0 Å². The molecule has 1 N–H and O–H groups in total. The topological polar surface area (TPSA) is 20.2 Å². The van der Waals surface area contributed by atoms with Crippen LogP contribution in [0.2, 0.25) is 0 Å². The predicted molar refractivity (Wildman–Crippen MR) is 78.3 cm³/mol. The number of rotatable bonds is 3. The molecule has 0 spiro atoms. The van der Waals surface area contributed by atoms with Gasteiger partial charge in [0.05, 0.1) is 0 Å². The third kappa shape index (κ3) is 4.25. The number of aryl methyl sites for hydroxylation is 2. The highest BCUT2D eigenvalue weighted by molar-refractivity contribution is 8.00. The van der Waals surface area contributed by atoms with Gasteiger partial charge in [-0.2, -0.15) is 13.2 Å². The van der Waals surface area contributed by atoms with Gasteiger partial charge in [0.25, 0.3) is 0 Å². The van der Waals surface area contributed by atoms with E-state index in [2.05, 4.69) is 0 Å². The molecule has 0 aliphatic carbocycles. The van der Waals surface area contributed by atoms with Crippen LogP contribution in [0.15, 0.2) is 47.4 Å². The highest BCUT2D eigenvalue weighted by Crippen LogP contribution is 2.37. The fourth-order valence-corrected chi connectivity index (χ4v) is 2.70. The number of aliphatic hydroxyl groups excluding tert-OH is 1. The number of aliphatic hydroxyl groups is 1. The zero-order chi connectivity index (χ0) is 15.6. The zero-order valence-corrected chi connectivity index (χ0v) is 12.4. The van der Waals surface area contributed by atoms with Gasteiger partial charge in [-0.15, -0.1) is 0 Å². The van der Waals surface area contributed by atoms with Crippen molar-refractivity contribution in [3.05, 3.63) is 64.7 Å². The molecule has 0 radical (unpaired) electrons. The van der Waals surface area contributed by atoms with Crippen molar-refractivity contribution in [2.45, 2.75) is 30.4 Å². The summed E-state index contributed by atoms with van der Waals surface area (Å²) in [6.45, 7) is 3.87. The summed E-state index contributed by atoms with van der Waals surface area (Å²) in [6, 6.07) is 11.5. The van der Waals surface area contributed by atoms with Crippen LogP contribution in [0.5, 0.6) is 0 Å². The maximum atomic E-state index is 12.3. The third-order valence-electron chi connectivity index (χ3n) is 3.15. The van der Waals surface area contributed by atoms with Gasteiger partial charge in [-0.1, -0.05) is 35.9 Å². The average molecular weight is 312 g/mol. The zero-order valence-electron chi connectivity index (χ0n) is 11.6. The van der Waals surface area contributed by atoms with Crippen LogP contribution in [0.3, 0.4) is 0 Å². The molecule has 2 rings (SSSR count). The highest BCUT2D eigenvalue weighted by Gasteiger charge is 2.29. The first-order valence-corrected chi connectivity index (χ1v) is 7.19. The lowest BCUT2D eigenvalue weighted by Crippen LogP contribution is -2.03. The molecular weight excluding hydrogens is 297 g/mol. The lowest BCUT2D eigenvalue weighted by Gasteiger charge is -2.15. The van der Waals surface area contributed by atoms with Crippen molar-refractivity contribution in [3.63, 3.8) is 0 Å². The second-order valence-electron chi connectivity index (χ2n) is 4.88. The van der Waals surface area contributed by atoms with Gasteiger partial charge in [-0.05, 0) is 54.4 Å². The molecule has 0 bridgehead atoms. The smallest absolute Gasteiger partial charge is 0.384 e. The molecule has 2 aromatic carbocycles. The summed E-state index contributed by atoms with van der Waals surface area (Å²) in [4.78, 5) is 0.110. The van der Waals surface area contributed by atoms with Crippen molar-refractivity contribution in [1.29, 1.82) is 0 Å². The molecule has 0 fully saturated rings. The van der Waals surface area contributed by atoms with E-state index >= 15 is 0 Å². The molecule has 2 aromatic rings. The lowest BCUT2D eigenvalue weighted by atomic mass is 9.96. The minimum Gasteiger partial charge on any atom is -0.384 e. The quantitative estimate of drug-likeness (QED) is 0.805. The van der Waals surface area contributed by atoms with Crippen molar-refractivity contribution in [2.24, 2.45) is 0 Å². The average Bonchev–Trinajstić information content (AvgIpc) is 2.37. The molecule has 1 atom stereocenters. The number of halogens is 3. The minimum atomic E-state index is -4.30. The molecule has 112 valence electrons. The van der Waals surface area contributed by atoms with Crippen molar-refractivity contribution >= 4 is 11.8 Å². The summed E-state index contributed by atoms with van der Waals surface area (Å²) in [5.41, 5.74) is -0.907. The molecule has 0 amide bonds. The fraction of sp³-hybridized carbons (Fsp3) is 0.250. The monoisotopic (exact) mass is 312 g/mol. The number of benzene rings is 2. The van der Waals surface area contributed by atoms with E-state index in [1.165, 1.54) is 24.3 Å². The van der Waals surface area contributed by atoms with E-state index in [-0.39, 0.29) is 16.7 Å². The first kappa shape index (κ1) is 15.9. The largest absolute Gasteiger partial charge is 0.446 e. The Kier molecular flexibility index (Phi) is 4.64. The van der Waals surface area contributed by atoms with Gasteiger partial charge in [-0.25, -0.2) is 0 Å². The van der Waals surface area contributed by atoms with Crippen molar-refractivity contribution in [1.82, 2.24) is 0 Å². The van der Waals surface area contributed by atoms with E-state index < -0.39 is 11.6 Å². The number of hydrogen-bond donors (Lipinski definition) is 1. The van der Waals surface area contributed by atoms with E-state index in [0.717, 1.165) is 16.7 Å². The molecule has 0 saturated carbocycles. The maximum absolute atomic E-state index is 12.3. The Balaban J connectivity index is 2.22. The molecule has 1 nitrogen and oxygen atoms in total. The molecular formula is C16H15F3OS. The van der Waals surface area contributed by atoms with E-state index in [1.54, 1.807) is 0 Å². The number of thioether (sulfide) groups is 1. The normalized spacial score (nSPS) is 13.2. The van der Waals surface area contributed by atoms with Crippen molar-refractivity contribution in [2.75, 3.05) is 0 Å². The van der Waals surface area contributed by atoms with E-state index in [9.17, 15) is 18.3 Å². The van der Waals surface area contributed by atoms with Gasteiger partial charge >= 0.3 is 5.51 Å². The third-order valence-corrected chi connectivity index (χ3v) is 3.89. The van der Waals surface area contributed by atoms with Crippen LogP contribution in [-0.4, -0.2) is 10.6 Å². The Labute approximate surface area is 125 Å². The summed E-state index contributed by atoms with van der Waals surface area (Å²) in [5, 5.41) is 10.4. The standard InChI is InChI=1S/C16H15F3OS/c1-10-3-8-14(11(2)9-10)15(20)12-4-6-13(7-5-12)21-16(17,18)19/h3-9,15,20H,1-2H3. The molecule has 5 heteroatoms. The second kappa shape index (κ2) is 6.12. The Morgan fingerprint density at radius 2 is 1.62 bits per heavy atom. The van der Waals surface area contributed by atoms with E-state index in [1.807, 2.05) is 32.0 Å². The van der Waals surface area contributed by atoms with Crippen molar-refractivity contribution < 1.29 is 18.3 Å². The van der Waals surface area contributed by atoms with E-state index in [4.69, 9.17) is 0 Å². The van der Waals surface area contributed by atoms with Crippen molar-refractivity contribution in [3.8, 4) is 0 Å². The van der Waals surface area contributed by atoms with E-state index in [0.29, 0.717) is 5.56 Å². The molecule has 0 aromatic heterocycles. The molecule has 1 unspecified atom stereocenters. The fourth-order valence-electron chi connectivity index (χ4n) is 2.16. The van der Waals surface area contributed by atoms with Gasteiger partial charge in [0.15, 0.2) is 0 Å². The summed E-state index contributed by atoms with van der Waals surface area (Å²) in [6.07, 6.45) is -0.837. The van der Waals surface area contributed by atoms with Crippen LogP contribution in [0, 0.1) is 13.8 Å². The van der Waals surface area contributed by atoms with Crippen LogP contribution >= 0.6 is 11.8 Å². The first-order chi connectivity index (χ1) is 9.76. The predicted octanol–water partition coefficient (Wildman–Crippen LogP) is 5.00. The van der Waals surface area contributed by atoms with Gasteiger partial charge in [0.2, 0.25) is 0 Å². The summed E-state index contributed by atoms with van der Waals surface area (Å²) in [7, 11) is 0. The molecule has 0 heterocycles. The van der Waals surface area contributed by atoms with Crippen LogP contribution in [0.25, 0.3) is 0 Å². The first-order valence-electron chi connectivity index (χ1n) is 6.37. The molecule has 21 heavy (non-hydrogen) atoms. The molecule has 0 aliphatic heterocycles. The van der Waals surface area contributed by atoms with Gasteiger partial charge in [-0.3, -0.25) is 0 Å². The molecule has 0 saturated heterocycles. The lowest BCUT2D eigenvalue weighted by molar-refractivity contribution is -0.0328. The van der Waals surface area contributed by atoms with Crippen LogP contribution in [0.1, 0.15) is 28.4 Å². The highest BCUT2D eigenvalue weighted by atomic mass is 32.2. The van der Waals surface area contributed by atoms with Crippen LogP contribution in [0.4, 0.5) is 13.2 Å². The minimum absolute atomic E-state index is 0.110. The number of hydrogen-bond acceptors (Lipinski definition) is 2. The summed E-state index contributed by atoms with van der Waals surface area (Å²) < 4.78 is 36.8. The SMILES string of the molecule is Cc1ccc(C(O)c2ccc(SC(F)(F)F)cc2)c(C)c1. The van der Waals surface area contributed by atoms with Gasteiger partial charge in [0, 0.05) is 4.90 Å². The maximum Gasteiger partial charge on any atom is 0.446 e. The summed E-state index contributed by atoms with van der Waals surface area (Å²) in [5.74, 6) is 0. The Bertz CT molecular complexity index is 620. The summed E-state index contributed by atoms with van der Waals surface area (Å²) >= 11 is -0.160. The van der Waals surface area contributed by atoms with Gasteiger partial charge in [0.1, 0.15) is 6.10 Å². The second-order valence-corrected chi connectivity index (χ2v) is 6.02. The molecule has 0 aliphatic rings.